The van der Waals surface area contributed by atoms with E-state index < -0.39 is 6.10 Å². The van der Waals surface area contributed by atoms with E-state index in [4.69, 9.17) is 4.74 Å². The van der Waals surface area contributed by atoms with Crippen LogP contribution in [-0.4, -0.2) is 11.2 Å². The molecular formula is C15H21FO2. The van der Waals surface area contributed by atoms with E-state index in [2.05, 4.69) is 6.92 Å². The second-order valence-electron chi connectivity index (χ2n) is 5.37. The van der Waals surface area contributed by atoms with Crippen molar-refractivity contribution < 1.29 is 14.2 Å². The number of ether oxygens (including phenoxy) is 1. The van der Waals surface area contributed by atoms with Crippen LogP contribution in [0.4, 0.5) is 4.39 Å². The van der Waals surface area contributed by atoms with Gasteiger partial charge in [0.1, 0.15) is 0 Å². The summed E-state index contributed by atoms with van der Waals surface area (Å²) in [6, 6.07) is 4.69. The zero-order chi connectivity index (χ0) is 13.1. The van der Waals surface area contributed by atoms with Gasteiger partial charge >= 0.3 is 0 Å². The van der Waals surface area contributed by atoms with Crippen LogP contribution in [0.3, 0.4) is 0 Å². The number of benzene rings is 1. The van der Waals surface area contributed by atoms with Gasteiger partial charge in [-0.15, -0.1) is 0 Å². The van der Waals surface area contributed by atoms with E-state index in [-0.39, 0.29) is 11.9 Å². The van der Waals surface area contributed by atoms with Crippen molar-refractivity contribution in [1.29, 1.82) is 0 Å². The Morgan fingerprint density at radius 1 is 1.28 bits per heavy atom. The maximum Gasteiger partial charge on any atom is 0.165 e. The zero-order valence-corrected chi connectivity index (χ0v) is 11.0. The van der Waals surface area contributed by atoms with Crippen LogP contribution in [0.1, 0.15) is 51.2 Å². The molecule has 1 aliphatic rings. The molecule has 0 unspecified atom stereocenters. The molecule has 1 atom stereocenters. The molecule has 0 radical (unpaired) electrons. The van der Waals surface area contributed by atoms with Gasteiger partial charge in [-0.05, 0) is 56.2 Å². The van der Waals surface area contributed by atoms with Crippen molar-refractivity contribution in [3.05, 3.63) is 29.6 Å². The van der Waals surface area contributed by atoms with Crippen LogP contribution in [0.5, 0.6) is 5.75 Å². The lowest BCUT2D eigenvalue weighted by atomic mass is 9.89. The summed E-state index contributed by atoms with van der Waals surface area (Å²) in [5.74, 6) is 0.679. The number of hydrogen-bond donors (Lipinski definition) is 1. The number of halogens is 1. The fourth-order valence-electron chi connectivity index (χ4n) is 2.40. The normalized spacial score (nSPS) is 25.8. The molecule has 0 spiro atoms. The molecule has 0 amide bonds. The minimum absolute atomic E-state index is 0.132. The van der Waals surface area contributed by atoms with E-state index >= 15 is 0 Å². The second-order valence-corrected chi connectivity index (χ2v) is 5.37. The maximum absolute atomic E-state index is 13.8. The fourth-order valence-corrected chi connectivity index (χ4v) is 2.40. The Labute approximate surface area is 108 Å². The molecule has 3 heteroatoms. The highest BCUT2D eigenvalue weighted by Crippen LogP contribution is 2.29. The van der Waals surface area contributed by atoms with E-state index in [0.29, 0.717) is 11.3 Å². The summed E-state index contributed by atoms with van der Waals surface area (Å²) in [5.41, 5.74) is 0.581. The first kappa shape index (κ1) is 13.3. The van der Waals surface area contributed by atoms with E-state index in [1.807, 2.05) is 0 Å². The van der Waals surface area contributed by atoms with Gasteiger partial charge in [0.2, 0.25) is 0 Å². The molecule has 0 aliphatic heterocycles. The topological polar surface area (TPSA) is 29.5 Å². The predicted octanol–water partition coefficient (Wildman–Crippen LogP) is 3.84. The van der Waals surface area contributed by atoms with Crippen molar-refractivity contribution in [3.8, 4) is 5.75 Å². The highest BCUT2D eigenvalue weighted by Gasteiger charge is 2.20. The minimum Gasteiger partial charge on any atom is -0.487 e. The average molecular weight is 252 g/mol. The Morgan fingerprint density at radius 2 is 1.94 bits per heavy atom. The molecule has 0 saturated heterocycles. The van der Waals surface area contributed by atoms with Crippen molar-refractivity contribution in [2.45, 2.75) is 51.7 Å². The van der Waals surface area contributed by atoms with Gasteiger partial charge in [-0.2, -0.15) is 0 Å². The van der Waals surface area contributed by atoms with E-state index in [1.165, 1.54) is 6.07 Å². The summed E-state index contributed by atoms with van der Waals surface area (Å²) in [6.07, 6.45) is 3.78. The van der Waals surface area contributed by atoms with Gasteiger partial charge < -0.3 is 9.84 Å². The highest BCUT2D eigenvalue weighted by atomic mass is 19.1. The Balaban J connectivity index is 2.01. The highest BCUT2D eigenvalue weighted by molar-refractivity contribution is 5.30. The monoisotopic (exact) mass is 252 g/mol. The second kappa shape index (κ2) is 5.70. The quantitative estimate of drug-likeness (QED) is 0.885. The summed E-state index contributed by atoms with van der Waals surface area (Å²) in [4.78, 5) is 0. The van der Waals surface area contributed by atoms with Crippen LogP contribution < -0.4 is 4.74 Å². The lowest BCUT2D eigenvalue weighted by Crippen LogP contribution is -2.23. The Kier molecular flexibility index (Phi) is 4.23. The van der Waals surface area contributed by atoms with Crippen LogP contribution in [0, 0.1) is 11.7 Å². The van der Waals surface area contributed by atoms with Crippen LogP contribution in [-0.2, 0) is 0 Å². The molecule has 1 aromatic rings. The lowest BCUT2D eigenvalue weighted by Gasteiger charge is -2.27. The van der Waals surface area contributed by atoms with Gasteiger partial charge in [-0.3, -0.25) is 0 Å². The van der Waals surface area contributed by atoms with E-state index in [9.17, 15) is 9.50 Å². The van der Waals surface area contributed by atoms with Crippen LogP contribution in [0.25, 0.3) is 0 Å². The summed E-state index contributed by atoms with van der Waals surface area (Å²) in [6.45, 7) is 3.87. The van der Waals surface area contributed by atoms with Gasteiger partial charge in [0.05, 0.1) is 12.2 Å². The van der Waals surface area contributed by atoms with E-state index in [1.54, 1.807) is 19.1 Å². The molecule has 1 N–H and O–H groups in total. The third-order valence-electron chi connectivity index (χ3n) is 3.69. The largest absolute Gasteiger partial charge is 0.487 e. The zero-order valence-electron chi connectivity index (χ0n) is 11.0. The molecule has 2 nitrogen and oxygen atoms in total. The molecule has 0 bridgehead atoms. The molecule has 1 aromatic carbocycles. The van der Waals surface area contributed by atoms with Gasteiger partial charge in [-0.25, -0.2) is 4.39 Å². The van der Waals surface area contributed by atoms with E-state index in [0.717, 1.165) is 31.6 Å². The third kappa shape index (κ3) is 3.22. The van der Waals surface area contributed by atoms with Crippen LogP contribution in [0.15, 0.2) is 18.2 Å². The minimum atomic E-state index is -0.649. The Bertz CT molecular complexity index is 395. The summed E-state index contributed by atoms with van der Waals surface area (Å²) < 4.78 is 19.5. The molecule has 100 valence electrons. The van der Waals surface area contributed by atoms with Crippen molar-refractivity contribution >= 4 is 0 Å². The third-order valence-corrected chi connectivity index (χ3v) is 3.69. The van der Waals surface area contributed by atoms with Crippen LogP contribution in [0.2, 0.25) is 0 Å². The lowest BCUT2D eigenvalue weighted by molar-refractivity contribution is 0.130. The smallest absolute Gasteiger partial charge is 0.165 e. The summed E-state index contributed by atoms with van der Waals surface area (Å²) in [7, 11) is 0. The molecule has 18 heavy (non-hydrogen) atoms. The van der Waals surface area contributed by atoms with Crippen molar-refractivity contribution in [3.63, 3.8) is 0 Å². The Hall–Kier alpha value is -1.09. The first-order chi connectivity index (χ1) is 8.56. The van der Waals surface area contributed by atoms with Gasteiger partial charge in [-0.1, -0.05) is 13.0 Å². The van der Waals surface area contributed by atoms with Crippen molar-refractivity contribution in [1.82, 2.24) is 0 Å². The molecule has 1 aliphatic carbocycles. The standard InChI is InChI=1S/C15H21FO2/c1-10-3-6-13(7-4-10)18-15-8-5-12(11(2)17)9-14(15)16/h5,8-11,13,17H,3-4,6-7H2,1-2H3/t10?,11-,13?/m0/s1. The first-order valence-corrected chi connectivity index (χ1v) is 6.70. The predicted molar refractivity (Wildman–Crippen MR) is 69.1 cm³/mol. The molecule has 0 aromatic heterocycles. The molecule has 1 saturated carbocycles. The van der Waals surface area contributed by atoms with Gasteiger partial charge in [0.25, 0.3) is 0 Å². The number of hydrogen-bond acceptors (Lipinski definition) is 2. The van der Waals surface area contributed by atoms with Gasteiger partial charge in [0.15, 0.2) is 11.6 Å². The average Bonchev–Trinajstić information content (AvgIpc) is 2.34. The first-order valence-electron chi connectivity index (χ1n) is 6.70. The maximum atomic E-state index is 13.8. The fraction of sp³-hybridized carbons (Fsp3) is 0.600. The molecular weight excluding hydrogens is 231 g/mol. The summed E-state index contributed by atoms with van der Waals surface area (Å²) in [5, 5.41) is 9.38. The number of aliphatic hydroxyl groups is 1. The van der Waals surface area contributed by atoms with Crippen LogP contribution >= 0.6 is 0 Å². The molecule has 2 rings (SSSR count). The van der Waals surface area contributed by atoms with Crippen molar-refractivity contribution in [2.24, 2.45) is 5.92 Å². The SMILES string of the molecule is CC1CCC(Oc2ccc([C@H](C)O)cc2F)CC1. The number of rotatable bonds is 3. The summed E-state index contributed by atoms with van der Waals surface area (Å²) >= 11 is 0. The van der Waals surface area contributed by atoms with Gasteiger partial charge in [0, 0.05) is 0 Å². The van der Waals surface area contributed by atoms with Crippen molar-refractivity contribution in [2.75, 3.05) is 0 Å². The Morgan fingerprint density at radius 3 is 2.50 bits per heavy atom. The number of aliphatic hydroxyl groups excluding tert-OH is 1. The molecule has 0 heterocycles. The molecule has 1 fully saturated rings.